The van der Waals surface area contributed by atoms with Gasteiger partial charge in [0.1, 0.15) is 0 Å². The molecule has 3 heteroatoms. The summed E-state index contributed by atoms with van der Waals surface area (Å²) in [5, 5.41) is 7.04. The van der Waals surface area contributed by atoms with E-state index in [9.17, 15) is 0 Å². The molecule has 0 aromatic rings. The Kier molecular flexibility index (Phi) is 6.22. The molecule has 90 valence electrons. The van der Waals surface area contributed by atoms with Crippen molar-refractivity contribution in [2.75, 3.05) is 33.2 Å². The molecule has 0 radical (unpaired) electrons. The molecule has 1 heterocycles. The van der Waals surface area contributed by atoms with Crippen molar-refractivity contribution in [2.24, 2.45) is 0 Å². The van der Waals surface area contributed by atoms with Gasteiger partial charge < -0.3 is 15.5 Å². The second kappa shape index (κ2) is 7.20. The van der Waals surface area contributed by atoms with E-state index >= 15 is 0 Å². The minimum atomic E-state index is 0.708. The van der Waals surface area contributed by atoms with Crippen molar-refractivity contribution < 1.29 is 0 Å². The standard InChI is InChI=1S/C12H27N3/c1-4-11(2)15(3)10-9-14-12-5-7-13-8-6-12/h11-14H,4-10H2,1-3H3. The second-order valence-corrected chi connectivity index (χ2v) is 4.72. The zero-order chi connectivity index (χ0) is 11.1. The van der Waals surface area contributed by atoms with Gasteiger partial charge in [0.25, 0.3) is 0 Å². The van der Waals surface area contributed by atoms with Crippen LogP contribution in [-0.4, -0.2) is 50.2 Å². The summed E-state index contributed by atoms with van der Waals surface area (Å²) in [5.41, 5.74) is 0. The molecular weight excluding hydrogens is 186 g/mol. The number of hydrogen-bond acceptors (Lipinski definition) is 3. The Morgan fingerprint density at radius 1 is 1.40 bits per heavy atom. The SMILES string of the molecule is CCC(C)N(C)CCNC1CCNCC1. The molecule has 1 saturated heterocycles. The van der Waals surface area contributed by atoms with Gasteiger partial charge in [-0.25, -0.2) is 0 Å². The third-order valence-electron chi connectivity index (χ3n) is 3.58. The maximum absolute atomic E-state index is 3.65. The molecular formula is C12H27N3. The maximum atomic E-state index is 3.65. The van der Waals surface area contributed by atoms with Crippen molar-refractivity contribution in [1.29, 1.82) is 0 Å². The number of rotatable bonds is 6. The molecule has 0 spiro atoms. The van der Waals surface area contributed by atoms with Crippen LogP contribution in [0.25, 0.3) is 0 Å². The van der Waals surface area contributed by atoms with Crippen LogP contribution >= 0.6 is 0 Å². The molecule has 1 aliphatic rings. The Labute approximate surface area is 94.6 Å². The summed E-state index contributed by atoms with van der Waals surface area (Å²) in [6, 6.07) is 1.46. The summed E-state index contributed by atoms with van der Waals surface area (Å²) < 4.78 is 0. The highest BCUT2D eigenvalue weighted by atomic mass is 15.1. The van der Waals surface area contributed by atoms with E-state index in [4.69, 9.17) is 0 Å². The first-order valence-corrected chi connectivity index (χ1v) is 6.38. The Hall–Kier alpha value is -0.120. The van der Waals surface area contributed by atoms with E-state index in [-0.39, 0.29) is 0 Å². The lowest BCUT2D eigenvalue weighted by Crippen LogP contribution is -2.43. The van der Waals surface area contributed by atoms with Gasteiger partial charge in [0.2, 0.25) is 0 Å². The van der Waals surface area contributed by atoms with Crippen LogP contribution in [0.1, 0.15) is 33.1 Å². The van der Waals surface area contributed by atoms with Crippen LogP contribution in [-0.2, 0) is 0 Å². The average Bonchev–Trinajstić information content (AvgIpc) is 2.29. The van der Waals surface area contributed by atoms with Gasteiger partial charge in [0, 0.05) is 25.2 Å². The predicted octanol–water partition coefficient (Wildman–Crippen LogP) is 1.06. The van der Waals surface area contributed by atoms with Gasteiger partial charge in [-0.15, -0.1) is 0 Å². The summed E-state index contributed by atoms with van der Waals surface area (Å²) >= 11 is 0. The van der Waals surface area contributed by atoms with Gasteiger partial charge in [-0.3, -0.25) is 0 Å². The quantitative estimate of drug-likeness (QED) is 0.691. The lowest BCUT2D eigenvalue weighted by molar-refractivity contribution is 0.244. The molecule has 1 fully saturated rings. The topological polar surface area (TPSA) is 27.3 Å². The molecule has 0 bridgehead atoms. The first-order chi connectivity index (χ1) is 7.24. The van der Waals surface area contributed by atoms with E-state index in [1.54, 1.807) is 0 Å². The molecule has 15 heavy (non-hydrogen) atoms. The molecule has 0 aromatic carbocycles. The van der Waals surface area contributed by atoms with Crippen molar-refractivity contribution in [3.05, 3.63) is 0 Å². The highest BCUT2D eigenvalue weighted by Crippen LogP contribution is 2.02. The molecule has 0 saturated carbocycles. The summed E-state index contributed by atoms with van der Waals surface area (Å²) in [6.07, 6.45) is 3.81. The lowest BCUT2D eigenvalue weighted by Gasteiger charge is -2.27. The first-order valence-electron chi connectivity index (χ1n) is 6.38. The molecule has 1 atom stereocenters. The minimum Gasteiger partial charge on any atom is -0.317 e. The van der Waals surface area contributed by atoms with Crippen molar-refractivity contribution in [2.45, 2.75) is 45.2 Å². The first kappa shape index (κ1) is 12.9. The zero-order valence-corrected chi connectivity index (χ0v) is 10.6. The average molecular weight is 213 g/mol. The van der Waals surface area contributed by atoms with E-state index in [0.717, 1.165) is 12.6 Å². The van der Waals surface area contributed by atoms with Gasteiger partial charge in [-0.05, 0) is 46.3 Å². The van der Waals surface area contributed by atoms with Crippen LogP contribution in [0.3, 0.4) is 0 Å². The van der Waals surface area contributed by atoms with Gasteiger partial charge in [0.05, 0.1) is 0 Å². The van der Waals surface area contributed by atoms with Gasteiger partial charge >= 0.3 is 0 Å². The molecule has 1 aliphatic heterocycles. The summed E-state index contributed by atoms with van der Waals surface area (Å²) in [7, 11) is 2.22. The van der Waals surface area contributed by atoms with Crippen LogP contribution in [0, 0.1) is 0 Å². The number of nitrogens with one attached hydrogen (secondary N) is 2. The Morgan fingerprint density at radius 2 is 2.07 bits per heavy atom. The summed E-state index contributed by atoms with van der Waals surface area (Å²) in [5.74, 6) is 0. The fourth-order valence-electron chi connectivity index (χ4n) is 2.00. The third kappa shape index (κ3) is 4.96. The lowest BCUT2D eigenvalue weighted by atomic mass is 10.1. The van der Waals surface area contributed by atoms with Crippen molar-refractivity contribution in [1.82, 2.24) is 15.5 Å². The number of likely N-dealkylation sites (N-methyl/N-ethyl adjacent to an activating group) is 1. The highest BCUT2D eigenvalue weighted by Gasteiger charge is 2.12. The van der Waals surface area contributed by atoms with Crippen LogP contribution in [0.2, 0.25) is 0 Å². The van der Waals surface area contributed by atoms with Crippen molar-refractivity contribution >= 4 is 0 Å². The van der Waals surface area contributed by atoms with Crippen LogP contribution < -0.4 is 10.6 Å². The fourth-order valence-corrected chi connectivity index (χ4v) is 2.00. The molecule has 1 unspecified atom stereocenters. The summed E-state index contributed by atoms with van der Waals surface area (Å²) in [6.45, 7) is 9.20. The largest absolute Gasteiger partial charge is 0.317 e. The minimum absolute atomic E-state index is 0.708. The van der Waals surface area contributed by atoms with Crippen molar-refractivity contribution in [3.8, 4) is 0 Å². The molecule has 0 aromatic heterocycles. The zero-order valence-electron chi connectivity index (χ0n) is 10.6. The van der Waals surface area contributed by atoms with E-state index in [1.807, 2.05) is 0 Å². The fraction of sp³-hybridized carbons (Fsp3) is 1.00. The smallest absolute Gasteiger partial charge is 0.0107 e. The van der Waals surface area contributed by atoms with Gasteiger partial charge in [-0.2, -0.15) is 0 Å². The normalized spacial score (nSPS) is 20.8. The Balaban J connectivity index is 2.04. The van der Waals surface area contributed by atoms with Crippen molar-refractivity contribution in [3.63, 3.8) is 0 Å². The van der Waals surface area contributed by atoms with Crippen LogP contribution in [0.15, 0.2) is 0 Å². The van der Waals surface area contributed by atoms with Gasteiger partial charge in [0.15, 0.2) is 0 Å². The maximum Gasteiger partial charge on any atom is 0.0107 e. The number of piperidine rings is 1. The number of nitrogens with zero attached hydrogens (tertiary/aromatic N) is 1. The molecule has 0 amide bonds. The molecule has 0 aliphatic carbocycles. The molecule has 3 nitrogen and oxygen atoms in total. The molecule has 2 N–H and O–H groups in total. The van der Waals surface area contributed by atoms with Crippen LogP contribution in [0.5, 0.6) is 0 Å². The van der Waals surface area contributed by atoms with E-state index in [2.05, 4.69) is 36.4 Å². The van der Waals surface area contributed by atoms with Gasteiger partial charge in [-0.1, -0.05) is 6.92 Å². The molecule has 1 rings (SSSR count). The third-order valence-corrected chi connectivity index (χ3v) is 3.58. The second-order valence-electron chi connectivity index (χ2n) is 4.72. The van der Waals surface area contributed by atoms with Crippen LogP contribution in [0.4, 0.5) is 0 Å². The van der Waals surface area contributed by atoms with E-state index in [1.165, 1.54) is 38.9 Å². The monoisotopic (exact) mass is 213 g/mol. The Bertz CT molecular complexity index is 153. The van der Waals surface area contributed by atoms with E-state index in [0.29, 0.717) is 6.04 Å². The predicted molar refractivity (Wildman–Crippen MR) is 66.3 cm³/mol. The summed E-state index contributed by atoms with van der Waals surface area (Å²) in [4.78, 5) is 2.44. The van der Waals surface area contributed by atoms with E-state index < -0.39 is 0 Å². The highest BCUT2D eigenvalue weighted by molar-refractivity contribution is 4.74. The number of hydrogen-bond donors (Lipinski definition) is 2. The Morgan fingerprint density at radius 3 is 2.67 bits per heavy atom.